The number of amides is 1. The maximum absolute atomic E-state index is 12.0. The smallest absolute Gasteiger partial charge is 0.257 e. The average molecular weight is 258 g/mol. The Morgan fingerprint density at radius 1 is 1.47 bits per heavy atom. The first kappa shape index (κ1) is 15.7. The molecule has 1 heterocycles. The van der Waals surface area contributed by atoms with Gasteiger partial charge in [-0.25, -0.2) is 0 Å². The molecule has 5 heteroatoms. The largest absolute Gasteiger partial charge is 0.398 e. The minimum atomic E-state index is -0.0828. The van der Waals surface area contributed by atoms with E-state index in [1.165, 1.54) is 6.20 Å². The Morgan fingerprint density at radius 2 is 2.06 bits per heavy atom. The van der Waals surface area contributed by atoms with Gasteiger partial charge in [-0.3, -0.25) is 9.78 Å². The normalized spacial score (nSPS) is 10.6. The molecular formula is C12H20ClN3O. The Balaban J connectivity index is 0.00000256. The number of anilines is 1. The van der Waals surface area contributed by atoms with Crippen LogP contribution in [0.25, 0.3) is 0 Å². The second-order valence-electron chi connectivity index (χ2n) is 5.18. The number of aromatic nitrogens is 1. The molecule has 2 N–H and O–H groups in total. The Bertz CT molecular complexity index is 388. The van der Waals surface area contributed by atoms with Gasteiger partial charge in [-0.15, -0.1) is 12.4 Å². The van der Waals surface area contributed by atoms with Crippen molar-refractivity contribution in [1.29, 1.82) is 0 Å². The summed E-state index contributed by atoms with van der Waals surface area (Å²) in [6, 6.07) is 1.64. The number of carbonyl (C=O) groups is 1. The molecule has 1 rings (SSSR count). The van der Waals surface area contributed by atoms with Crippen LogP contribution in [0.1, 0.15) is 31.1 Å². The van der Waals surface area contributed by atoms with Crippen LogP contribution in [0.2, 0.25) is 0 Å². The van der Waals surface area contributed by atoms with Gasteiger partial charge in [-0.2, -0.15) is 0 Å². The van der Waals surface area contributed by atoms with E-state index < -0.39 is 0 Å². The van der Waals surface area contributed by atoms with Crippen molar-refractivity contribution in [3.8, 4) is 0 Å². The highest BCUT2D eigenvalue weighted by atomic mass is 35.5. The summed E-state index contributed by atoms with van der Waals surface area (Å²) in [7, 11) is 1.78. The molecule has 0 atom stereocenters. The van der Waals surface area contributed by atoms with E-state index in [1.807, 2.05) is 0 Å². The standard InChI is InChI=1S/C12H19N3O.ClH/c1-12(2,3)8-15(4)11(16)9-7-14-6-5-10(9)13;/h5-7H,8H2,1-4H3,(H2,13,14);1H. The van der Waals surface area contributed by atoms with Gasteiger partial charge in [0.2, 0.25) is 0 Å². The molecule has 0 fully saturated rings. The van der Waals surface area contributed by atoms with Gasteiger partial charge in [0, 0.05) is 31.7 Å². The third-order valence-corrected chi connectivity index (χ3v) is 2.14. The number of hydrogen-bond donors (Lipinski definition) is 1. The van der Waals surface area contributed by atoms with Crippen molar-refractivity contribution < 1.29 is 4.79 Å². The molecule has 0 saturated carbocycles. The lowest BCUT2D eigenvalue weighted by atomic mass is 9.96. The van der Waals surface area contributed by atoms with Crippen LogP contribution in [-0.4, -0.2) is 29.4 Å². The number of hydrogen-bond acceptors (Lipinski definition) is 3. The molecule has 0 radical (unpaired) electrons. The van der Waals surface area contributed by atoms with Gasteiger partial charge < -0.3 is 10.6 Å². The minimum absolute atomic E-state index is 0. The van der Waals surface area contributed by atoms with Gasteiger partial charge in [-0.1, -0.05) is 20.8 Å². The van der Waals surface area contributed by atoms with Gasteiger partial charge in [-0.05, 0) is 11.5 Å². The van der Waals surface area contributed by atoms with E-state index >= 15 is 0 Å². The van der Waals surface area contributed by atoms with Gasteiger partial charge >= 0.3 is 0 Å². The maximum Gasteiger partial charge on any atom is 0.257 e. The molecule has 1 aromatic heterocycles. The van der Waals surface area contributed by atoms with Crippen LogP contribution in [0, 0.1) is 5.41 Å². The van der Waals surface area contributed by atoms with Gasteiger partial charge in [0.15, 0.2) is 0 Å². The first-order chi connectivity index (χ1) is 7.31. The summed E-state index contributed by atoms with van der Waals surface area (Å²) in [5, 5.41) is 0. The number of pyridine rings is 1. The van der Waals surface area contributed by atoms with Crippen molar-refractivity contribution in [3.63, 3.8) is 0 Å². The van der Waals surface area contributed by atoms with Gasteiger partial charge in [0.25, 0.3) is 5.91 Å². The van der Waals surface area contributed by atoms with Crippen LogP contribution < -0.4 is 5.73 Å². The fraction of sp³-hybridized carbons (Fsp3) is 0.500. The molecule has 0 unspecified atom stereocenters. The third-order valence-electron chi connectivity index (χ3n) is 2.14. The Kier molecular flexibility index (Phi) is 5.42. The highest BCUT2D eigenvalue weighted by Gasteiger charge is 2.20. The monoisotopic (exact) mass is 257 g/mol. The van der Waals surface area contributed by atoms with E-state index in [-0.39, 0.29) is 23.7 Å². The van der Waals surface area contributed by atoms with E-state index in [0.29, 0.717) is 17.8 Å². The second kappa shape index (κ2) is 5.87. The van der Waals surface area contributed by atoms with E-state index in [2.05, 4.69) is 25.8 Å². The van der Waals surface area contributed by atoms with E-state index in [1.54, 1.807) is 24.2 Å². The molecule has 96 valence electrons. The van der Waals surface area contributed by atoms with Crippen LogP contribution in [-0.2, 0) is 0 Å². The predicted molar refractivity (Wildman–Crippen MR) is 72.3 cm³/mol. The average Bonchev–Trinajstić information content (AvgIpc) is 2.15. The zero-order valence-corrected chi connectivity index (χ0v) is 11.5. The summed E-state index contributed by atoms with van der Waals surface area (Å²) in [5.41, 5.74) is 6.75. The zero-order chi connectivity index (χ0) is 12.3. The number of nitrogens with zero attached hydrogens (tertiary/aromatic N) is 2. The first-order valence-electron chi connectivity index (χ1n) is 5.26. The van der Waals surface area contributed by atoms with Crippen molar-refractivity contribution in [3.05, 3.63) is 24.0 Å². The molecule has 0 bridgehead atoms. The number of halogens is 1. The fourth-order valence-electron chi connectivity index (χ4n) is 1.57. The van der Waals surface area contributed by atoms with Crippen LogP contribution in [0.15, 0.2) is 18.5 Å². The maximum atomic E-state index is 12.0. The minimum Gasteiger partial charge on any atom is -0.398 e. The Morgan fingerprint density at radius 3 is 2.53 bits per heavy atom. The SMILES string of the molecule is CN(CC(C)(C)C)C(=O)c1cnccc1N.Cl. The van der Waals surface area contributed by atoms with Crippen molar-refractivity contribution in [2.45, 2.75) is 20.8 Å². The molecule has 0 spiro atoms. The molecule has 1 amide bonds. The molecule has 0 aliphatic carbocycles. The quantitative estimate of drug-likeness (QED) is 0.884. The zero-order valence-electron chi connectivity index (χ0n) is 10.7. The second-order valence-corrected chi connectivity index (χ2v) is 5.18. The van der Waals surface area contributed by atoms with Crippen LogP contribution in [0.3, 0.4) is 0 Å². The van der Waals surface area contributed by atoms with E-state index in [9.17, 15) is 4.79 Å². The lowest BCUT2D eigenvalue weighted by molar-refractivity contribution is 0.0746. The highest BCUT2D eigenvalue weighted by Crippen LogP contribution is 2.17. The molecule has 4 nitrogen and oxygen atoms in total. The molecule has 0 aliphatic rings. The van der Waals surface area contributed by atoms with Gasteiger partial charge in [0.1, 0.15) is 0 Å². The molecule has 0 saturated heterocycles. The van der Waals surface area contributed by atoms with Crippen molar-refractivity contribution in [1.82, 2.24) is 9.88 Å². The van der Waals surface area contributed by atoms with Gasteiger partial charge in [0.05, 0.1) is 5.56 Å². The summed E-state index contributed by atoms with van der Waals surface area (Å²) in [5.74, 6) is -0.0828. The lowest BCUT2D eigenvalue weighted by Crippen LogP contribution is -2.34. The molecule has 0 aliphatic heterocycles. The van der Waals surface area contributed by atoms with Crippen molar-refractivity contribution in [2.24, 2.45) is 5.41 Å². The summed E-state index contributed by atoms with van der Waals surface area (Å²) >= 11 is 0. The summed E-state index contributed by atoms with van der Waals surface area (Å²) < 4.78 is 0. The van der Waals surface area contributed by atoms with Crippen LogP contribution in [0.4, 0.5) is 5.69 Å². The third kappa shape index (κ3) is 4.61. The molecule has 1 aromatic rings. The number of carbonyl (C=O) groups excluding carboxylic acids is 1. The van der Waals surface area contributed by atoms with Crippen molar-refractivity contribution >= 4 is 24.0 Å². The van der Waals surface area contributed by atoms with E-state index in [4.69, 9.17) is 5.73 Å². The summed E-state index contributed by atoms with van der Waals surface area (Å²) in [4.78, 5) is 17.6. The number of rotatable bonds is 2. The van der Waals surface area contributed by atoms with E-state index in [0.717, 1.165) is 0 Å². The summed E-state index contributed by atoms with van der Waals surface area (Å²) in [6.45, 7) is 6.94. The number of nitrogens with two attached hydrogens (primary N) is 1. The predicted octanol–water partition coefficient (Wildman–Crippen LogP) is 2.20. The number of nitrogen functional groups attached to an aromatic ring is 1. The molecule has 17 heavy (non-hydrogen) atoms. The van der Waals surface area contributed by atoms with Crippen molar-refractivity contribution in [2.75, 3.05) is 19.3 Å². The lowest BCUT2D eigenvalue weighted by Gasteiger charge is -2.26. The molecular weight excluding hydrogens is 238 g/mol. The Labute approximate surface area is 109 Å². The molecule has 0 aromatic carbocycles. The topological polar surface area (TPSA) is 59.2 Å². The first-order valence-corrected chi connectivity index (χ1v) is 5.26. The van der Waals surface area contributed by atoms with Crippen LogP contribution in [0.5, 0.6) is 0 Å². The fourth-order valence-corrected chi connectivity index (χ4v) is 1.57. The Hall–Kier alpha value is -1.29. The van der Waals surface area contributed by atoms with Crippen LogP contribution >= 0.6 is 12.4 Å². The summed E-state index contributed by atoms with van der Waals surface area (Å²) in [6.07, 6.45) is 3.09. The highest BCUT2D eigenvalue weighted by molar-refractivity contribution is 5.98.